The number of nitrogens with zero attached hydrogens (tertiary/aromatic N) is 5. The van der Waals surface area contributed by atoms with Crippen LogP contribution in [0.5, 0.6) is 0 Å². The van der Waals surface area contributed by atoms with Crippen molar-refractivity contribution in [1.82, 2.24) is 23.7 Å². The van der Waals surface area contributed by atoms with Crippen LogP contribution in [-0.2, 0) is 25.4 Å². The number of carbonyl (C=O) groups excluding carboxylic acids is 2. The fraction of sp³-hybridized carbons (Fsp3) is 0.375. The van der Waals surface area contributed by atoms with Crippen molar-refractivity contribution in [2.24, 2.45) is 14.1 Å². The second-order valence-electron chi connectivity index (χ2n) is 6.06. The number of amides is 1. The van der Waals surface area contributed by atoms with Gasteiger partial charge in [0.2, 0.25) is 5.91 Å². The first-order valence-electron chi connectivity index (χ1n) is 8.16. The van der Waals surface area contributed by atoms with Crippen molar-refractivity contribution in [3.05, 3.63) is 38.2 Å². The molecule has 11 heteroatoms. The van der Waals surface area contributed by atoms with Gasteiger partial charge in [-0.1, -0.05) is 0 Å². The van der Waals surface area contributed by atoms with Gasteiger partial charge >= 0.3 is 5.69 Å². The van der Waals surface area contributed by atoms with E-state index in [2.05, 4.69) is 15.3 Å². The Bertz CT molecular complexity index is 1150. The number of hydrogen-bond acceptors (Lipinski definition) is 7. The van der Waals surface area contributed by atoms with Crippen LogP contribution in [0.25, 0.3) is 11.2 Å². The SMILES string of the molecule is CC(=O)c1csc(NC(=O)CCCn2cnc3c2c(=O)n(C)c(=O)n3C)n1. The number of carbonyl (C=O) groups is 2. The summed E-state index contributed by atoms with van der Waals surface area (Å²) in [7, 11) is 2.97. The number of fused-ring (bicyclic) bond motifs is 1. The van der Waals surface area contributed by atoms with Crippen molar-refractivity contribution in [2.45, 2.75) is 26.3 Å². The number of anilines is 1. The van der Waals surface area contributed by atoms with E-state index in [0.29, 0.717) is 35.0 Å². The van der Waals surface area contributed by atoms with Crippen LogP contribution in [0.1, 0.15) is 30.3 Å². The summed E-state index contributed by atoms with van der Waals surface area (Å²) in [5, 5.41) is 4.62. The highest BCUT2D eigenvalue weighted by molar-refractivity contribution is 7.14. The number of nitrogens with one attached hydrogen (secondary N) is 1. The zero-order chi connectivity index (χ0) is 19.7. The molecule has 1 N–H and O–H groups in total. The van der Waals surface area contributed by atoms with Gasteiger partial charge in [0, 0.05) is 39.4 Å². The second kappa shape index (κ2) is 7.27. The first-order chi connectivity index (χ1) is 12.8. The van der Waals surface area contributed by atoms with Gasteiger partial charge in [-0.15, -0.1) is 11.3 Å². The highest BCUT2D eigenvalue weighted by Crippen LogP contribution is 2.16. The van der Waals surface area contributed by atoms with Gasteiger partial charge in [-0.3, -0.25) is 23.5 Å². The Kier molecular flexibility index (Phi) is 5.04. The molecule has 0 fully saturated rings. The molecular formula is C16H18N6O4S. The van der Waals surface area contributed by atoms with Crippen LogP contribution in [0.15, 0.2) is 21.3 Å². The summed E-state index contributed by atoms with van der Waals surface area (Å²) in [4.78, 5) is 55.7. The highest BCUT2D eigenvalue weighted by Gasteiger charge is 2.14. The summed E-state index contributed by atoms with van der Waals surface area (Å²) < 4.78 is 3.99. The van der Waals surface area contributed by atoms with Crippen molar-refractivity contribution >= 4 is 39.3 Å². The van der Waals surface area contributed by atoms with Crippen LogP contribution in [0.2, 0.25) is 0 Å². The van der Waals surface area contributed by atoms with Gasteiger partial charge in [0.15, 0.2) is 22.1 Å². The Hall–Kier alpha value is -3.08. The molecule has 0 aliphatic rings. The van der Waals surface area contributed by atoms with Crippen molar-refractivity contribution in [1.29, 1.82) is 0 Å². The molecule has 0 saturated carbocycles. The van der Waals surface area contributed by atoms with E-state index in [4.69, 9.17) is 0 Å². The minimum atomic E-state index is -0.439. The topological polar surface area (TPSA) is 121 Å². The van der Waals surface area contributed by atoms with Crippen molar-refractivity contribution in [3.63, 3.8) is 0 Å². The molecular weight excluding hydrogens is 372 g/mol. The molecule has 3 rings (SSSR count). The first-order valence-corrected chi connectivity index (χ1v) is 9.04. The number of ketones is 1. The molecule has 3 aromatic heterocycles. The lowest BCUT2D eigenvalue weighted by Crippen LogP contribution is -2.37. The van der Waals surface area contributed by atoms with Gasteiger partial charge in [0.05, 0.1) is 6.33 Å². The minimum absolute atomic E-state index is 0.158. The van der Waals surface area contributed by atoms with Crippen LogP contribution in [-0.4, -0.2) is 35.4 Å². The highest BCUT2D eigenvalue weighted by atomic mass is 32.1. The van der Waals surface area contributed by atoms with E-state index in [1.165, 1.54) is 36.2 Å². The van der Waals surface area contributed by atoms with Crippen molar-refractivity contribution in [3.8, 4) is 0 Å². The maximum absolute atomic E-state index is 12.4. The summed E-state index contributed by atoms with van der Waals surface area (Å²) in [6, 6.07) is 0. The Morgan fingerprint density at radius 1 is 1.22 bits per heavy atom. The number of hydrogen-bond donors (Lipinski definition) is 1. The molecule has 0 spiro atoms. The third-order valence-corrected chi connectivity index (χ3v) is 4.89. The maximum Gasteiger partial charge on any atom is 0.332 e. The summed E-state index contributed by atoms with van der Waals surface area (Å²) >= 11 is 1.19. The molecule has 0 aliphatic carbocycles. The van der Waals surface area contributed by atoms with Gasteiger partial charge in [0.25, 0.3) is 5.56 Å². The monoisotopic (exact) mass is 390 g/mol. The number of aryl methyl sites for hydroxylation is 2. The number of thiazole rings is 1. The fourth-order valence-corrected chi connectivity index (χ4v) is 3.42. The van der Waals surface area contributed by atoms with Gasteiger partial charge in [-0.2, -0.15) is 0 Å². The zero-order valence-electron chi connectivity index (χ0n) is 15.1. The molecule has 3 aromatic rings. The average Bonchev–Trinajstić information content (AvgIpc) is 3.25. The molecule has 0 unspecified atom stereocenters. The van der Waals surface area contributed by atoms with E-state index < -0.39 is 11.2 Å². The third-order valence-electron chi connectivity index (χ3n) is 4.13. The quantitative estimate of drug-likeness (QED) is 0.612. The summed E-state index contributed by atoms with van der Waals surface area (Å²) in [6.07, 6.45) is 2.17. The van der Waals surface area contributed by atoms with E-state index in [-0.39, 0.29) is 18.1 Å². The van der Waals surface area contributed by atoms with Gasteiger partial charge in [-0.25, -0.2) is 14.8 Å². The average molecular weight is 390 g/mol. The Morgan fingerprint density at radius 3 is 2.63 bits per heavy atom. The number of rotatable bonds is 6. The molecule has 3 heterocycles. The molecule has 0 aromatic carbocycles. The van der Waals surface area contributed by atoms with E-state index in [9.17, 15) is 19.2 Å². The predicted molar refractivity (Wildman–Crippen MR) is 100 cm³/mol. The largest absolute Gasteiger partial charge is 0.332 e. The van der Waals surface area contributed by atoms with Crippen LogP contribution in [0, 0.1) is 0 Å². The molecule has 10 nitrogen and oxygen atoms in total. The maximum atomic E-state index is 12.4. The third kappa shape index (κ3) is 3.58. The van der Waals surface area contributed by atoms with Crippen molar-refractivity contribution in [2.75, 3.05) is 5.32 Å². The number of aromatic nitrogens is 5. The lowest BCUT2D eigenvalue weighted by Gasteiger charge is -2.06. The summed E-state index contributed by atoms with van der Waals surface area (Å²) in [5.74, 6) is -0.390. The minimum Gasteiger partial charge on any atom is -0.325 e. The van der Waals surface area contributed by atoms with E-state index in [0.717, 1.165) is 4.57 Å². The van der Waals surface area contributed by atoms with Crippen LogP contribution < -0.4 is 16.6 Å². The molecule has 142 valence electrons. The Labute approximate surface area is 157 Å². The Balaban J connectivity index is 1.67. The van der Waals surface area contributed by atoms with E-state index in [1.54, 1.807) is 17.0 Å². The molecule has 0 aliphatic heterocycles. The number of imidazole rings is 1. The van der Waals surface area contributed by atoms with Crippen molar-refractivity contribution < 1.29 is 9.59 Å². The molecule has 0 saturated heterocycles. The molecule has 27 heavy (non-hydrogen) atoms. The van der Waals surface area contributed by atoms with E-state index in [1.807, 2.05) is 0 Å². The molecule has 0 radical (unpaired) electrons. The molecule has 1 amide bonds. The first kappa shape index (κ1) is 18.7. The van der Waals surface area contributed by atoms with Gasteiger partial charge < -0.3 is 9.88 Å². The molecule has 0 atom stereocenters. The lowest BCUT2D eigenvalue weighted by molar-refractivity contribution is -0.116. The van der Waals surface area contributed by atoms with Crippen LogP contribution in [0.4, 0.5) is 5.13 Å². The Morgan fingerprint density at radius 2 is 1.96 bits per heavy atom. The second-order valence-corrected chi connectivity index (χ2v) is 6.92. The smallest absolute Gasteiger partial charge is 0.325 e. The van der Waals surface area contributed by atoms with Gasteiger partial charge in [0.1, 0.15) is 5.69 Å². The normalized spacial score (nSPS) is 11.1. The number of Topliss-reactive ketones (excluding diaryl/α,β-unsaturated/α-hetero) is 1. The standard InChI is InChI=1S/C16H18N6O4S/c1-9(23)10-7-27-15(18-10)19-11(24)5-4-6-22-8-17-13-12(22)14(25)21(3)16(26)20(13)2/h7-8H,4-6H2,1-3H3,(H,18,19,24). The summed E-state index contributed by atoms with van der Waals surface area (Å²) in [6.45, 7) is 1.81. The zero-order valence-corrected chi connectivity index (χ0v) is 15.9. The molecule has 0 bridgehead atoms. The van der Waals surface area contributed by atoms with Crippen LogP contribution >= 0.6 is 11.3 Å². The predicted octanol–water partition coefficient (Wildman–Crippen LogP) is 0.512. The fourth-order valence-electron chi connectivity index (χ4n) is 2.65. The van der Waals surface area contributed by atoms with Gasteiger partial charge in [-0.05, 0) is 6.42 Å². The lowest BCUT2D eigenvalue weighted by atomic mass is 10.3. The van der Waals surface area contributed by atoms with E-state index >= 15 is 0 Å². The van der Waals surface area contributed by atoms with Crippen LogP contribution in [0.3, 0.4) is 0 Å². The summed E-state index contributed by atoms with van der Waals surface area (Å²) in [5.41, 5.74) is 0.0971.